The van der Waals surface area contributed by atoms with Crippen LogP contribution in [-0.4, -0.2) is 24.5 Å². The van der Waals surface area contributed by atoms with Gasteiger partial charge >= 0.3 is 11.9 Å². The molecule has 1 aromatic carbocycles. The third-order valence-electron chi connectivity index (χ3n) is 2.54. The number of rotatable bonds is 6. The van der Waals surface area contributed by atoms with Gasteiger partial charge < -0.3 is 14.8 Å². The van der Waals surface area contributed by atoms with Gasteiger partial charge in [0.1, 0.15) is 5.75 Å². The highest BCUT2D eigenvalue weighted by molar-refractivity contribution is 5.89. The zero-order chi connectivity index (χ0) is 15.8. The number of hydrogen-bond donors (Lipinski definition) is 1. The van der Waals surface area contributed by atoms with Crippen molar-refractivity contribution < 1.29 is 23.9 Å². The summed E-state index contributed by atoms with van der Waals surface area (Å²) < 4.78 is 9.96. The number of carbonyl (C=O) groups excluding carboxylic acids is 3. The second-order valence-corrected chi connectivity index (χ2v) is 4.40. The molecular weight excluding hydrogens is 274 g/mol. The largest absolute Gasteiger partial charge is 0.466 e. The molecule has 0 unspecified atom stereocenters. The molecule has 6 nitrogen and oxygen atoms in total. The van der Waals surface area contributed by atoms with Gasteiger partial charge in [-0.1, -0.05) is 0 Å². The van der Waals surface area contributed by atoms with E-state index >= 15 is 0 Å². The number of amides is 1. The van der Waals surface area contributed by atoms with Gasteiger partial charge in [0.05, 0.1) is 6.61 Å². The first-order valence-electron chi connectivity index (χ1n) is 6.67. The molecule has 1 rings (SSSR count). The maximum absolute atomic E-state index is 11.4. The van der Waals surface area contributed by atoms with Crippen LogP contribution in [0.15, 0.2) is 18.2 Å². The minimum Gasteiger partial charge on any atom is -0.466 e. The van der Waals surface area contributed by atoms with Crippen molar-refractivity contribution in [3.8, 4) is 5.75 Å². The number of esters is 2. The Labute approximate surface area is 123 Å². The molecule has 0 aliphatic carbocycles. The van der Waals surface area contributed by atoms with Crippen LogP contribution < -0.4 is 10.1 Å². The van der Waals surface area contributed by atoms with Crippen LogP contribution in [0.25, 0.3) is 0 Å². The van der Waals surface area contributed by atoms with Crippen LogP contribution >= 0.6 is 0 Å². The summed E-state index contributed by atoms with van der Waals surface area (Å²) in [6.07, 6.45) is 0.528. The van der Waals surface area contributed by atoms with Gasteiger partial charge in [-0.2, -0.15) is 0 Å². The molecule has 0 saturated heterocycles. The molecule has 6 heteroatoms. The Morgan fingerprint density at radius 1 is 1.19 bits per heavy atom. The van der Waals surface area contributed by atoms with E-state index in [1.165, 1.54) is 13.8 Å². The number of ether oxygens (including phenoxy) is 2. The number of carbonyl (C=O) groups is 3. The number of benzene rings is 1. The van der Waals surface area contributed by atoms with Gasteiger partial charge in [-0.05, 0) is 37.1 Å². The van der Waals surface area contributed by atoms with E-state index in [4.69, 9.17) is 9.47 Å². The van der Waals surface area contributed by atoms with E-state index in [2.05, 4.69) is 5.32 Å². The molecule has 21 heavy (non-hydrogen) atoms. The van der Waals surface area contributed by atoms with Gasteiger partial charge in [0.2, 0.25) is 5.91 Å². The molecule has 1 N–H and O–H groups in total. The summed E-state index contributed by atoms with van der Waals surface area (Å²) in [5.41, 5.74) is 1.24. The van der Waals surface area contributed by atoms with E-state index in [1.54, 1.807) is 25.1 Å². The number of anilines is 1. The van der Waals surface area contributed by atoms with Crippen LogP contribution in [0, 0.1) is 0 Å². The molecular formula is C15H19NO5. The summed E-state index contributed by atoms with van der Waals surface area (Å²) in [5, 5.41) is 2.64. The zero-order valence-electron chi connectivity index (χ0n) is 12.4. The maximum Gasteiger partial charge on any atom is 0.308 e. The molecule has 0 aliphatic rings. The average Bonchev–Trinajstić information content (AvgIpc) is 2.38. The first-order chi connectivity index (χ1) is 9.92. The van der Waals surface area contributed by atoms with Gasteiger partial charge in [0, 0.05) is 26.0 Å². The van der Waals surface area contributed by atoms with Crippen LogP contribution in [0.1, 0.15) is 32.8 Å². The number of nitrogens with one attached hydrogen (secondary N) is 1. The Balaban J connectivity index is 2.90. The lowest BCUT2D eigenvalue weighted by Gasteiger charge is -2.11. The second kappa shape index (κ2) is 8.04. The molecule has 0 fully saturated rings. The van der Waals surface area contributed by atoms with Crippen molar-refractivity contribution in [3.63, 3.8) is 0 Å². The summed E-state index contributed by atoms with van der Waals surface area (Å²) in [4.78, 5) is 33.6. The van der Waals surface area contributed by atoms with E-state index in [0.29, 0.717) is 30.0 Å². The van der Waals surface area contributed by atoms with Crippen molar-refractivity contribution in [3.05, 3.63) is 23.8 Å². The van der Waals surface area contributed by atoms with Gasteiger partial charge in [-0.25, -0.2) is 0 Å². The third kappa shape index (κ3) is 6.07. The van der Waals surface area contributed by atoms with Gasteiger partial charge in [0.25, 0.3) is 0 Å². The highest BCUT2D eigenvalue weighted by Crippen LogP contribution is 2.24. The van der Waals surface area contributed by atoms with Crippen molar-refractivity contribution in [2.45, 2.75) is 33.6 Å². The lowest BCUT2D eigenvalue weighted by atomic mass is 10.1. The fourth-order valence-electron chi connectivity index (χ4n) is 1.78. The van der Waals surface area contributed by atoms with E-state index in [0.717, 1.165) is 0 Å². The summed E-state index contributed by atoms with van der Waals surface area (Å²) >= 11 is 0. The highest BCUT2D eigenvalue weighted by Gasteiger charge is 2.11. The minimum atomic E-state index is -0.445. The average molecular weight is 293 g/mol. The van der Waals surface area contributed by atoms with Crippen molar-refractivity contribution in [1.29, 1.82) is 0 Å². The quantitative estimate of drug-likeness (QED) is 0.641. The molecule has 0 radical (unpaired) electrons. The Hall–Kier alpha value is -2.37. The maximum atomic E-state index is 11.4. The third-order valence-corrected chi connectivity index (χ3v) is 2.54. The predicted molar refractivity (Wildman–Crippen MR) is 77.0 cm³/mol. The van der Waals surface area contributed by atoms with Crippen LogP contribution in [0.3, 0.4) is 0 Å². The highest BCUT2D eigenvalue weighted by atomic mass is 16.5. The van der Waals surface area contributed by atoms with Crippen LogP contribution in [0.2, 0.25) is 0 Å². The first kappa shape index (κ1) is 16.7. The predicted octanol–water partition coefficient (Wildman–Crippen LogP) is 2.07. The van der Waals surface area contributed by atoms with Crippen LogP contribution in [0.5, 0.6) is 5.75 Å². The van der Waals surface area contributed by atoms with Crippen LogP contribution in [-0.2, 0) is 25.5 Å². The fraction of sp³-hybridized carbons (Fsp3) is 0.400. The molecule has 0 spiro atoms. The molecule has 1 amide bonds. The molecule has 1 aromatic rings. The standard InChI is InChI=1S/C15H19NO5/c1-4-20-15(19)8-5-12-9-13(16-10(2)17)6-7-14(12)21-11(3)18/h6-7,9H,4-5,8H2,1-3H3,(H,16,17). The molecule has 114 valence electrons. The van der Waals surface area contributed by atoms with Gasteiger partial charge in [0.15, 0.2) is 0 Å². The molecule has 0 aliphatic heterocycles. The lowest BCUT2D eigenvalue weighted by Crippen LogP contribution is -2.10. The molecule has 0 heterocycles. The molecule has 0 atom stereocenters. The summed E-state index contributed by atoms with van der Waals surface area (Å²) in [5.74, 6) is -0.594. The van der Waals surface area contributed by atoms with Gasteiger partial charge in [-0.15, -0.1) is 0 Å². The summed E-state index contributed by atoms with van der Waals surface area (Å²) in [7, 11) is 0. The monoisotopic (exact) mass is 293 g/mol. The molecule has 0 aromatic heterocycles. The van der Waals surface area contributed by atoms with Gasteiger partial charge in [-0.3, -0.25) is 14.4 Å². The Morgan fingerprint density at radius 3 is 2.48 bits per heavy atom. The SMILES string of the molecule is CCOC(=O)CCc1cc(NC(C)=O)ccc1OC(C)=O. The van der Waals surface area contributed by atoms with Crippen molar-refractivity contribution in [2.75, 3.05) is 11.9 Å². The van der Waals surface area contributed by atoms with Crippen molar-refractivity contribution >= 4 is 23.5 Å². The van der Waals surface area contributed by atoms with E-state index in [9.17, 15) is 14.4 Å². The summed E-state index contributed by atoms with van der Waals surface area (Å²) in [6, 6.07) is 4.90. The number of aryl methyl sites for hydroxylation is 1. The number of hydrogen-bond acceptors (Lipinski definition) is 5. The fourth-order valence-corrected chi connectivity index (χ4v) is 1.78. The van der Waals surface area contributed by atoms with Crippen molar-refractivity contribution in [1.82, 2.24) is 0 Å². The van der Waals surface area contributed by atoms with Crippen LogP contribution in [0.4, 0.5) is 5.69 Å². The van der Waals surface area contributed by atoms with E-state index in [1.807, 2.05) is 0 Å². The second-order valence-electron chi connectivity index (χ2n) is 4.40. The van der Waals surface area contributed by atoms with E-state index in [-0.39, 0.29) is 18.3 Å². The van der Waals surface area contributed by atoms with Crippen molar-refractivity contribution in [2.24, 2.45) is 0 Å². The van der Waals surface area contributed by atoms with E-state index < -0.39 is 5.97 Å². The molecule has 0 bridgehead atoms. The summed E-state index contributed by atoms with van der Waals surface area (Å²) in [6.45, 7) is 4.76. The molecule has 0 saturated carbocycles. The smallest absolute Gasteiger partial charge is 0.308 e. The first-order valence-corrected chi connectivity index (χ1v) is 6.67. The normalized spacial score (nSPS) is 9.86. The topological polar surface area (TPSA) is 81.7 Å². The minimum absolute atomic E-state index is 0.172. The Bertz CT molecular complexity index is 539. The lowest BCUT2D eigenvalue weighted by molar-refractivity contribution is -0.143. The zero-order valence-corrected chi connectivity index (χ0v) is 12.4. The Kier molecular flexibility index (Phi) is 6.39. The Morgan fingerprint density at radius 2 is 1.90 bits per heavy atom.